The molecule has 0 saturated carbocycles. The molecule has 2 aromatic heterocycles. The van der Waals surface area contributed by atoms with Gasteiger partial charge in [0.2, 0.25) is 5.88 Å². The number of nitrogens with one attached hydrogen (secondary N) is 2. The SMILES string of the molecule is COc1ccc(-c2cccc([C@H](CC(=O)[O-])NC(=O)Nc3c([O-])ccn(C)c3=O)c2)nn1.[Na+].[Na+]. The molecule has 0 aliphatic carbocycles. The van der Waals surface area contributed by atoms with Crippen LogP contribution in [0.3, 0.4) is 0 Å². The summed E-state index contributed by atoms with van der Waals surface area (Å²) in [5, 5.41) is 35.8. The Morgan fingerprint density at radius 3 is 2.50 bits per heavy atom. The number of amides is 2. The number of pyridine rings is 1. The molecule has 13 heteroatoms. The van der Waals surface area contributed by atoms with Gasteiger partial charge in [-0.3, -0.25) is 4.79 Å². The predicted octanol–water partition coefficient (Wildman–Crippen LogP) is -6.06. The number of ether oxygens (including phenoxy) is 1. The molecule has 0 aliphatic rings. The molecular formula is C21H19N5Na2O6. The molecule has 0 spiro atoms. The van der Waals surface area contributed by atoms with Gasteiger partial charge >= 0.3 is 65.1 Å². The minimum atomic E-state index is -1.40. The number of hydrogen-bond acceptors (Lipinski definition) is 8. The maximum absolute atomic E-state index is 12.5. The number of anilines is 1. The molecule has 11 nitrogen and oxygen atoms in total. The monoisotopic (exact) mass is 483 g/mol. The molecule has 0 aliphatic heterocycles. The second kappa shape index (κ2) is 13.5. The van der Waals surface area contributed by atoms with Crippen molar-refractivity contribution < 1.29 is 83.7 Å². The first-order valence-electron chi connectivity index (χ1n) is 9.40. The number of carboxylic acids is 1. The van der Waals surface area contributed by atoms with Crippen molar-refractivity contribution >= 4 is 17.7 Å². The fourth-order valence-electron chi connectivity index (χ4n) is 2.95. The van der Waals surface area contributed by atoms with E-state index in [2.05, 4.69) is 20.8 Å². The first kappa shape index (κ1) is 29.6. The summed E-state index contributed by atoms with van der Waals surface area (Å²) < 4.78 is 6.12. The van der Waals surface area contributed by atoms with Gasteiger partial charge in [-0.15, -0.1) is 10.2 Å². The molecule has 0 bridgehead atoms. The van der Waals surface area contributed by atoms with Crippen molar-refractivity contribution in [2.75, 3.05) is 12.4 Å². The summed E-state index contributed by atoms with van der Waals surface area (Å²) >= 11 is 0. The summed E-state index contributed by atoms with van der Waals surface area (Å²) in [6, 6.07) is 9.20. The Morgan fingerprint density at radius 2 is 1.88 bits per heavy atom. The molecule has 1 aromatic carbocycles. The Labute approximate surface area is 239 Å². The number of methoxy groups -OCH3 is 1. The molecule has 1 atom stereocenters. The molecule has 2 amide bonds. The molecule has 0 radical (unpaired) electrons. The van der Waals surface area contributed by atoms with Crippen molar-refractivity contribution in [2.24, 2.45) is 7.05 Å². The molecular weight excluding hydrogens is 464 g/mol. The number of carboxylic acid groups (broad SMARTS) is 1. The average Bonchev–Trinajstić information content (AvgIpc) is 2.79. The van der Waals surface area contributed by atoms with Crippen molar-refractivity contribution in [1.29, 1.82) is 0 Å². The normalized spacial score (nSPS) is 10.8. The molecule has 0 fully saturated rings. The van der Waals surface area contributed by atoms with Crippen LogP contribution in [0.2, 0.25) is 0 Å². The van der Waals surface area contributed by atoms with E-state index in [1.54, 1.807) is 36.4 Å². The number of carbonyl (C=O) groups excluding carboxylic acids is 2. The van der Waals surface area contributed by atoms with E-state index in [0.29, 0.717) is 22.7 Å². The van der Waals surface area contributed by atoms with Crippen LogP contribution in [-0.4, -0.2) is 33.9 Å². The number of aryl methyl sites for hydroxylation is 1. The van der Waals surface area contributed by atoms with E-state index in [9.17, 15) is 24.6 Å². The average molecular weight is 483 g/mol. The van der Waals surface area contributed by atoms with Crippen LogP contribution >= 0.6 is 0 Å². The van der Waals surface area contributed by atoms with E-state index >= 15 is 0 Å². The van der Waals surface area contributed by atoms with E-state index in [4.69, 9.17) is 4.74 Å². The Morgan fingerprint density at radius 1 is 1.15 bits per heavy atom. The van der Waals surface area contributed by atoms with Crippen molar-refractivity contribution in [3.05, 3.63) is 64.6 Å². The van der Waals surface area contributed by atoms with Crippen LogP contribution in [-0.2, 0) is 11.8 Å². The summed E-state index contributed by atoms with van der Waals surface area (Å²) in [5.41, 5.74) is 0.448. The van der Waals surface area contributed by atoms with Crippen molar-refractivity contribution in [1.82, 2.24) is 20.1 Å². The molecule has 34 heavy (non-hydrogen) atoms. The molecule has 166 valence electrons. The van der Waals surface area contributed by atoms with Crippen LogP contribution in [0.1, 0.15) is 18.0 Å². The van der Waals surface area contributed by atoms with Crippen LogP contribution < -0.4 is 90.3 Å². The van der Waals surface area contributed by atoms with Crippen molar-refractivity contribution in [2.45, 2.75) is 12.5 Å². The minimum absolute atomic E-state index is 0. The maximum Gasteiger partial charge on any atom is 1.00 e. The largest absolute Gasteiger partial charge is 1.00 e. The third kappa shape index (κ3) is 7.55. The van der Waals surface area contributed by atoms with E-state index in [1.165, 1.54) is 20.4 Å². The number of hydrogen-bond donors (Lipinski definition) is 2. The summed E-state index contributed by atoms with van der Waals surface area (Å²) in [6.45, 7) is 0. The van der Waals surface area contributed by atoms with Crippen LogP contribution in [0.5, 0.6) is 11.6 Å². The Balaban J connectivity index is 0.00000289. The Hall–Kier alpha value is -2.41. The third-order valence-electron chi connectivity index (χ3n) is 4.58. The van der Waals surface area contributed by atoms with Gasteiger partial charge in [-0.05, 0) is 17.7 Å². The third-order valence-corrected chi connectivity index (χ3v) is 4.58. The predicted molar refractivity (Wildman–Crippen MR) is 110 cm³/mol. The number of nitrogens with zero attached hydrogens (tertiary/aromatic N) is 3. The second-order valence-corrected chi connectivity index (χ2v) is 6.78. The van der Waals surface area contributed by atoms with Gasteiger partial charge < -0.3 is 34.9 Å². The topological polar surface area (TPSA) is 161 Å². The Bertz CT molecular complexity index is 1200. The zero-order valence-corrected chi connectivity index (χ0v) is 23.2. The van der Waals surface area contributed by atoms with Crippen molar-refractivity contribution in [3.8, 4) is 22.9 Å². The minimum Gasteiger partial charge on any atom is -0.871 e. The molecule has 2 N–H and O–H groups in total. The van der Waals surface area contributed by atoms with Gasteiger partial charge in [0, 0.05) is 37.3 Å². The van der Waals surface area contributed by atoms with E-state index < -0.39 is 41.5 Å². The molecule has 3 rings (SSSR count). The van der Waals surface area contributed by atoms with Crippen LogP contribution in [0.15, 0.2) is 53.5 Å². The molecule has 2 heterocycles. The number of aliphatic carboxylic acids is 1. The summed E-state index contributed by atoms with van der Waals surface area (Å²) in [7, 11) is 2.89. The fourth-order valence-corrected chi connectivity index (χ4v) is 2.95. The van der Waals surface area contributed by atoms with Crippen LogP contribution in [0.4, 0.5) is 10.5 Å². The second-order valence-electron chi connectivity index (χ2n) is 6.78. The summed E-state index contributed by atoms with van der Waals surface area (Å²) in [4.78, 5) is 35.8. The number of carbonyl (C=O) groups is 2. The first-order valence-corrected chi connectivity index (χ1v) is 9.40. The number of rotatable bonds is 7. The van der Waals surface area contributed by atoms with Gasteiger partial charge in [0.25, 0.3) is 5.56 Å². The van der Waals surface area contributed by atoms with Gasteiger partial charge in [-0.1, -0.05) is 30.0 Å². The summed E-state index contributed by atoms with van der Waals surface area (Å²) in [5.74, 6) is -1.73. The van der Waals surface area contributed by atoms with Gasteiger partial charge in [0.15, 0.2) is 0 Å². The van der Waals surface area contributed by atoms with Gasteiger partial charge in [-0.2, -0.15) is 0 Å². The van der Waals surface area contributed by atoms with Crippen LogP contribution in [0, 0.1) is 0 Å². The smallest absolute Gasteiger partial charge is 0.871 e. The van der Waals surface area contributed by atoms with E-state index in [1.807, 2.05) is 0 Å². The van der Waals surface area contributed by atoms with Crippen LogP contribution in [0.25, 0.3) is 11.3 Å². The van der Waals surface area contributed by atoms with E-state index in [-0.39, 0.29) is 59.1 Å². The zero-order chi connectivity index (χ0) is 23.3. The molecule has 3 aromatic rings. The first-order chi connectivity index (χ1) is 15.3. The maximum atomic E-state index is 12.5. The molecule has 0 unspecified atom stereocenters. The molecule has 0 saturated heterocycles. The van der Waals surface area contributed by atoms with Gasteiger partial charge in [-0.25, -0.2) is 4.79 Å². The number of urea groups is 1. The number of aromatic nitrogens is 3. The number of benzene rings is 1. The summed E-state index contributed by atoms with van der Waals surface area (Å²) in [6.07, 6.45) is 0.738. The quantitative estimate of drug-likeness (QED) is 0.314. The van der Waals surface area contributed by atoms with Crippen molar-refractivity contribution in [3.63, 3.8) is 0 Å². The van der Waals surface area contributed by atoms with E-state index in [0.717, 1.165) is 10.6 Å². The zero-order valence-electron chi connectivity index (χ0n) is 19.2. The Kier molecular flexibility index (Phi) is 11.7. The standard InChI is InChI=1S/C21H21N5O6.2Na/c1-26-9-8-16(27)19(20(26)30)23-21(31)22-15(11-18(28)29)13-5-3-4-12(10-13)14-6-7-17(32-2)25-24-14;;/h3-10,15,27H,11H2,1-2H3,(H,28,29)(H2,22,23,31);;/q;2*+1/p-2/t15-;;/m0../s1. The fraction of sp³-hybridized carbons (Fsp3) is 0.190. The van der Waals surface area contributed by atoms with Gasteiger partial charge in [0.1, 0.15) is 5.69 Å². The van der Waals surface area contributed by atoms with Gasteiger partial charge in [0.05, 0.1) is 18.8 Å².